The number of ether oxygens (including phenoxy) is 3. The van der Waals surface area contributed by atoms with E-state index in [0.29, 0.717) is 36.8 Å². The average molecular weight is 338 g/mol. The highest BCUT2D eigenvalue weighted by atomic mass is 16.7. The van der Waals surface area contributed by atoms with Crippen LogP contribution < -0.4 is 24.8 Å². The zero-order chi connectivity index (χ0) is 17.4. The van der Waals surface area contributed by atoms with Crippen LogP contribution in [0.2, 0.25) is 0 Å². The number of hydrogen-bond acceptors (Lipinski definition) is 6. The van der Waals surface area contributed by atoms with E-state index in [2.05, 4.69) is 10.6 Å². The molecular weight excluding hydrogens is 316 g/mol. The van der Waals surface area contributed by atoms with Crippen LogP contribution in [0.4, 0.5) is 0 Å². The van der Waals surface area contributed by atoms with Crippen LogP contribution in [0.25, 0.3) is 0 Å². The molecule has 0 bridgehead atoms. The smallest absolute Gasteiger partial charge is 0.320 e. The van der Waals surface area contributed by atoms with Crippen molar-refractivity contribution in [2.24, 2.45) is 0 Å². The Kier molecular flexibility index (Phi) is 6.68. The molecular formula is C16H22N2O6. The number of aliphatic carboxylic acids is 1. The van der Waals surface area contributed by atoms with Gasteiger partial charge in [-0.25, -0.2) is 0 Å². The Morgan fingerprint density at radius 2 is 2.12 bits per heavy atom. The van der Waals surface area contributed by atoms with Crippen molar-refractivity contribution in [3.8, 4) is 17.2 Å². The first-order valence-electron chi connectivity index (χ1n) is 7.85. The highest BCUT2D eigenvalue weighted by Gasteiger charge is 2.16. The molecule has 0 fully saturated rings. The molecule has 8 nitrogen and oxygen atoms in total. The monoisotopic (exact) mass is 338 g/mol. The van der Waals surface area contributed by atoms with Gasteiger partial charge in [-0.05, 0) is 18.6 Å². The summed E-state index contributed by atoms with van der Waals surface area (Å²) in [7, 11) is 0. The number of amides is 1. The molecule has 1 atom stereocenters. The molecule has 3 N–H and O–H groups in total. The Morgan fingerprint density at radius 3 is 2.88 bits per heavy atom. The molecule has 1 heterocycles. The fraction of sp³-hybridized carbons (Fsp3) is 0.500. The van der Waals surface area contributed by atoms with Gasteiger partial charge in [-0.15, -0.1) is 0 Å². The maximum Gasteiger partial charge on any atom is 0.320 e. The van der Waals surface area contributed by atoms with Crippen LogP contribution in [0.3, 0.4) is 0 Å². The molecule has 24 heavy (non-hydrogen) atoms. The highest BCUT2D eigenvalue weighted by Crippen LogP contribution is 2.34. The van der Waals surface area contributed by atoms with Crippen LogP contribution in [0.15, 0.2) is 18.2 Å². The third kappa shape index (κ3) is 5.31. The number of carbonyl (C=O) groups is 2. The van der Waals surface area contributed by atoms with Crippen molar-refractivity contribution in [2.45, 2.75) is 25.8 Å². The SMILES string of the molecule is CCCC(NCC(=O)NCCOc1ccc2c(c1)OCO2)C(=O)O. The van der Waals surface area contributed by atoms with Crippen LogP contribution in [0.5, 0.6) is 17.2 Å². The summed E-state index contributed by atoms with van der Waals surface area (Å²) in [6.45, 7) is 2.67. The fourth-order valence-electron chi connectivity index (χ4n) is 2.21. The van der Waals surface area contributed by atoms with Crippen molar-refractivity contribution in [1.82, 2.24) is 10.6 Å². The van der Waals surface area contributed by atoms with E-state index in [0.717, 1.165) is 6.42 Å². The van der Waals surface area contributed by atoms with E-state index < -0.39 is 12.0 Å². The number of carboxylic acid groups (broad SMARTS) is 1. The molecule has 0 radical (unpaired) electrons. The molecule has 0 aliphatic carbocycles. The van der Waals surface area contributed by atoms with Crippen LogP contribution >= 0.6 is 0 Å². The molecule has 1 aliphatic rings. The fourth-order valence-corrected chi connectivity index (χ4v) is 2.21. The first kappa shape index (κ1) is 17.9. The molecule has 8 heteroatoms. The summed E-state index contributed by atoms with van der Waals surface area (Å²) in [6.07, 6.45) is 1.21. The summed E-state index contributed by atoms with van der Waals surface area (Å²) in [5.74, 6) is 0.723. The Morgan fingerprint density at radius 1 is 1.33 bits per heavy atom. The minimum Gasteiger partial charge on any atom is -0.492 e. The van der Waals surface area contributed by atoms with Gasteiger partial charge in [-0.3, -0.25) is 14.9 Å². The minimum absolute atomic E-state index is 0.0407. The van der Waals surface area contributed by atoms with Gasteiger partial charge in [0.25, 0.3) is 0 Å². The van der Waals surface area contributed by atoms with Gasteiger partial charge in [-0.1, -0.05) is 13.3 Å². The quantitative estimate of drug-likeness (QED) is 0.541. The maximum atomic E-state index is 11.7. The molecule has 0 aromatic heterocycles. The predicted octanol–water partition coefficient (Wildman–Crippen LogP) is 0.753. The lowest BCUT2D eigenvalue weighted by Gasteiger charge is -2.13. The van der Waals surface area contributed by atoms with Crippen molar-refractivity contribution in [2.75, 3.05) is 26.5 Å². The van der Waals surface area contributed by atoms with E-state index in [4.69, 9.17) is 19.3 Å². The van der Waals surface area contributed by atoms with E-state index >= 15 is 0 Å². The zero-order valence-electron chi connectivity index (χ0n) is 13.5. The number of carboxylic acids is 1. The summed E-state index contributed by atoms with van der Waals surface area (Å²) < 4.78 is 16.0. The van der Waals surface area contributed by atoms with Gasteiger partial charge in [0, 0.05) is 6.07 Å². The lowest BCUT2D eigenvalue weighted by Crippen LogP contribution is -2.43. The van der Waals surface area contributed by atoms with E-state index in [-0.39, 0.29) is 19.2 Å². The number of rotatable bonds is 10. The summed E-state index contributed by atoms with van der Waals surface area (Å²) in [5.41, 5.74) is 0. The van der Waals surface area contributed by atoms with Crippen LogP contribution in [0.1, 0.15) is 19.8 Å². The van der Waals surface area contributed by atoms with Gasteiger partial charge in [0.1, 0.15) is 18.4 Å². The molecule has 2 rings (SSSR count). The van der Waals surface area contributed by atoms with Crippen LogP contribution in [-0.2, 0) is 9.59 Å². The normalized spacial score (nSPS) is 13.4. The maximum absolute atomic E-state index is 11.7. The Balaban J connectivity index is 1.63. The molecule has 0 saturated carbocycles. The van der Waals surface area contributed by atoms with Crippen molar-refractivity contribution < 1.29 is 28.9 Å². The summed E-state index contributed by atoms with van der Waals surface area (Å²) in [5, 5.41) is 14.4. The summed E-state index contributed by atoms with van der Waals surface area (Å²) in [6, 6.07) is 4.55. The van der Waals surface area contributed by atoms with Crippen LogP contribution in [0, 0.1) is 0 Å². The van der Waals surface area contributed by atoms with E-state index in [1.165, 1.54) is 0 Å². The largest absolute Gasteiger partial charge is 0.492 e. The summed E-state index contributed by atoms with van der Waals surface area (Å²) in [4.78, 5) is 22.6. The van der Waals surface area contributed by atoms with E-state index in [9.17, 15) is 9.59 Å². The zero-order valence-corrected chi connectivity index (χ0v) is 13.5. The van der Waals surface area contributed by atoms with Gasteiger partial charge in [0.05, 0.1) is 13.1 Å². The predicted molar refractivity (Wildman–Crippen MR) is 85.4 cm³/mol. The van der Waals surface area contributed by atoms with Crippen molar-refractivity contribution >= 4 is 11.9 Å². The lowest BCUT2D eigenvalue weighted by molar-refractivity contribution is -0.139. The number of fused-ring (bicyclic) bond motifs is 1. The number of benzene rings is 1. The van der Waals surface area contributed by atoms with Crippen molar-refractivity contribution in [3.05, 3.63) is 18.2 Å². The molecule has 132 valence electrons. The first-order chi connectivity index (χ1) is 11.6. The second kappa shape index (κ2) is 8.97. The van der Waals surface area contributed by atoms with E-state index in [1.807, 2.05) is 6.92 Å². The Bertz CT molecular complexity index is 578. The van der Waals surface area contributed by atoms with Crippen molar-refractivity contribution in [1.29, 1.82) is 0 Å². The molecule has 1 aromatic carbocycles. The molecule has 1 aromatic rings. The Labute approximate surface area is 140 Å². The lowest BCUT2D eigenvalue weighted by atomic mass is 10.2. The van der Waals surface area contributed by atoms with E-state index in [1.54, 1.807) is 18.2 Å². The van der Waals surface area contributed by atoms with Gasteiger partial charge in [0.15, 0.2) is 11.5 Å². The topological polar surface area (TPSA) is 106 Å². The highest BCUT2D eigenvalue weighted by molar-refractivity contribution is 5.79. The third-order valence-electron chi connectivity index (χ3n) is 3.42. The third-order valence-corrected chi connectivity index (χ3v) is 3.42. The second-order valence-corrected chi connectivity index (χ2v) is 5.27. The number of nitrogens with one attached hydrogen (secondary N) is 2. The molecule has 0 spiro atoms. The molecule has 1 unspecified atom stereocenters. The summed E-state index contributed by atoms with van der Waals surface area (Å²) >= 11 is 0. The number of hydrogen-bond donors (Lipinski definition) is 3. The Hall–Kier alpha value is -2.48. The molecule has 1 amide bonds. The van der Waals surface area contributed by atoms with Crippen molar-refractivity contribution in [3.63, 3.8) is 0 Å². The molecule has 1 aliphatic heterocycles. The standard InChI is InChI=1S/C16H22N2O6/c1-2-3-12(16(20)21)18-9-15(19)17-6-7-22-11-4-5-13-14(8-11)24-10-23-13/h4-5,8,12,18H,2-3,6-7,9-10H2,1H3,(H,17,19)(H,20,21). The first-order valence-corrected chi connectivity index (χ1v) is 7.85. The average Bonchev–Trinajstić information content (AvgIpc) is 3.02. The molecule has 0 saturated heterocycles. The van der Waals surface area contributed by atoms with Crippen LogP contribution in [-0.4, -0.2) is 49.5 Å². The van der Waals surface area contributed by atoms with Gasteiger partial charge in [0.2, 0.25) is 12.7 Å². The van der Waals surface area contributed by atoms with Gasteiger partial charge in [-0.2, -0.15) is 0 Å². The number of carbonyl (C=O) groups excluding carboxylic acids is 1. The van der Waals surface area contributed by atoms with Gasteiger partial charge < -0.3 is 24.6 Å². The second-order valence-electron chi connectivity index (χ2n) is 5.27. The van der Waals surface area contributed by atoms with Gasteiger partial charge >= 0.3 is 5.97 Å². The minimum atomic E-state index is -0.948.